The molecule has 4 atom stereocenters. The van der Waals surface area contributed by atoms with Crippen LogP contribution in [0.25, 0.3) is 0 Å². The monoisotopic (exact) mass is 348 g/mol. The lowest BCUT2D eigenvalue weighted by Crippen LogP contribution is -2.39. The van der Waals surface area contributed by atoms with E-state index in [1.165, 1.54) is 0 Å². The highest BCUT2D eigenvalue weighted by Crippen LogP contribution is 2.40. The summed E-state index contributed by atoms with van der Waals surface area (Å²) in [6.07, 6.45) is 2.81. The van der Waals surface area contributed by atoms with E-state index in [2.05, 4.69) is 24.4 Å². The predicted molar refractivity (Wildman–Crippen MR) is 95.2 cm³/mol. The van der Waals surface area contributed by atoms with Crippen molar-refractivity contribution in [2.75, 3.05) is 5.75 Å². The van der Waals surface area contributed by atoms with E-state index >= 15 is 0 Å². The summed E-state index contributed by atoms with van der Waals surface area (Å²) < 4.78 is 0. The maximum Gasteiger partial charge on any atom is 0.318 e. The molecule has 0 unspecified atom stereocenters. The number of thioether (sulfide) groups is 1. The first-order valence-electron chi connectivity index (χ1n) is 8.55. The summed E-state index contributed by atoms with van der Waals surface area (Å²) in [5, 5.41) is 12.3. The van der Waals surface area contributed by atoms with Crippen molar-refractivity contribution < 1.29 is 14.7 Å². The number of benzene rings is 1. The zero-order valence-electron chi connectivity index (χ0n) is 13.9. The molecular formula is C18H24N2O3S. The number of amides is 2. The van der Waals surface area contributed by atoms with Crippen LogP contribution in [0, 0.1) is 0 Å². The van der Waals surface area contributed by atoms with E-state index in [1.807, 2.05) is 34.9 Å². The van der Waals surface area contributed by atoms with Crippen LogP contribution in [-0.2, 0) is 4.79 Å². The lowest BCUT2D eigenvalue weighted by atomic mass is 10.00. The Labute approximate surface area is 146 Å². The Morgan fingerprint density at radius 2 is 2.12 bits per heavy atom. The van der Waals surface area contributed by atoms with Crippen molar-refractivity contribution in [3.8, 4) is 0 Å². The number of unbranched alkanes of at least 4 members (excludes halogenated alkanes) is 1. The lowest BCUT2D eigenvalue weighted by Gasteiger charge is -2.29. The van der Waals surface area contributed by atoms with Crippen molar-refractivity contribution in [3.63, 3.8) is 0 Å². The lowest BCUT2D eigenvalue weighted by molar-refractivity contribution is -0.137. The number of hydrogen-bond acceptors (Lipinski definition) is 3. The molecule has 3 rings (SSSR count). The van der Waals surface area contributed by atoms with E-state index in [1.54, 1.807) is 0 Å². The highest BCUT2D eigenvalue weighted by Gasteiger charge is 2.49. The van der Waals surface area contributed by atoms with Gasteiger partial charge in [0, 0.05) is 17.4 Å². The van der Waals surface area contributed by atoms with E-state index < -0.39 is 5.97 Å². The molecule has 0 bridgehead atoms. The van der Waals surface area contributed by atoms with Gasteiger partial charge in [-0.2, -0.15) is 11.8 Å². The molecule has 5 nitrogen and oxygen atoms in total. The molecule has 1 aromatic carbocycles. The molecule has 2 N–H and O–H groups in total. The number of nitrogens with zero attached hydrogens (tertiary/aromatic N) is 1. The van der Waals surface area contributed by atoms with Crippen molar-refractivity contribution >= 4 is 23.8 Å². The molecule has 1 aromatic rings. The molecule has 0 spiro atoms. The minimum atomic E-state index is -0.732. The van der Waals surface area contributed by atoms with Gasteiger partial charge < -0.3 is 15.3 Å². The number of rotatable bonds is 7. The van der Waals surface area contributed by atoms with Gasteiger partial charge in [-0.25, -0.2) is 4.79 Å². The van der Waals surface area contributed by atoms with Crippen LogP contribution < -0.4 is 5.32 Å². The molecular weight excluding hydrogens is 324 g/mol. The first-order chi connectivity index (χ1) is 11.6. The standard InChI is InChI=1S/C18H24N2O3S/c1-12(13-7-3-2-4-8-13)20-14-11-24-15(17(14)19-18(20)23)9-5-6-10-16(21)22/h2-4,7-8,12,14-15,17H,5-6,9-11H2,1H3,(H,19,23)(H,21,22)/t12-,14+,15+,17+/m1/s1. The summed E-state index contributed by atoms with van der Waals surface area (Å²) in [6.45, 7) is 2.09. The van der Waals surface area contributed by atoms with Crippen LogP contribution in [-0.4, -0.2) is 45.1 Å². The van der Waals surface area contributed by atoms with Gasteiger partial charge in [-0.05, 0) is 25.3 Å². The third-order valence-corrected chi connectivity index (χ3v) is 6.50. The van der Waals surface area contributed by atoms with Crippen LogP contribution in [0.3, 0.4) is 0 Å². The third-order valence-electron chi connectivity index (χ3n) is 5.01. The highest BCUT2D eigenvalue weighted by molar-refractivity contribution is 8.00. The topological polar surface area (TPSA) is 69.6 Å². The summed E-state index contributed by atoms with van der Waals surface area (Å²) in [7, 11) is 0. The van der Waals surface area contributed by atoms with Crippen LogP contribution in [0.4, 0.5) is 4.79 Å². The molecule has 130 valence electrons. The zero-order valence-corrected chi connectivity index (χ0v) is 14.7. The first-order valence-corrected chi connectivity index (χ1v) is 9.60. The number of aliphatic carboxylic acids is 1. The second-order valence-corrected chi connectivity index (χ2v) is 7.82. The fourth-order valence-electron chi connectivity index (χ4n) is 3.73. The van der Waals surface area contributed by atoms with Gasteiger partial charge in [-0.3, -0.25) is 4.79 Å². The van der Waals surface area contributed by atoms with Gasteiger partial charge in [0.25, 0.3) is 0 Å². The normalized spacial score (nSPS) is 27.0. The smallest absolute Gasteiger partial charge is 0.318 e. The fourth-order valence-corrected chi connectivity index (χ4v) is 5.33. The molecule has 24 heavy (non-hydrogen) atoms. The number of carboxylic acid groups (broad SMARTS) is 1. The van der Waals surface area contributed by atoms with Gasteiger partial charge >= 0.3 is 12.0 Å². The Bertz CT molecular complexity index is 595. The quantitative estimate of drug-likeness (QED) is 0.586. The Morgan fingerprint density at radius 1 is 1.38 bits per heavy atom. The number of carbonyl (C=O) groups excluding carboxylic acids is 1. The Hall–Kier alpha value is -1.69. The molecule has 6 heteroatoms. The number of urea groups is 1. The molecule has 2 heterocycles. The van der Waals surface area contributed by atoms with Gasteiger partial charge in [0.05, 0.1) is 18.1 Å². The van der Waals surface area contributed by atoms with Crippen molar-refractivity contribution in [1.82, 2.24) is 10.2 Å². The average molecular weight is 348 g/mol. The van der Waals surface area contributed by atoms with Gasteiger partial charge in [0.15, 0.2) is 0 Å². The Morgan fingerprint density at radius 3 is 2.83 bits per heavy atom. The van der Waals surface area contributed by atoms with E-state index in [0.717, 1.165) is 24.2 Å². The summed E-state index contributed by atoms with van der Waals surface area (Å²) in [5.41, 5.74) is 1.16. The Balaban J connectivity index is 1.61. The SMILES string of the molecule is C[C@H](c1ccccc1)N1C(=O)N[C@@H]2[C@H](CCCCC(=O)O)SC[C@@H]21. The van der Waals surface area contributed by atoms with Crippen LogP contribution in [0.2, 0.25) is 0 Å². The van der Waals surface area contributed by atoms with Gasteiger partial charge in [-0.1, -0.05) is 36.8 Å². The third kappa shape index (κ3) is 3.53. The average Bonchev–Trinajstić information content (AvgIpc) is 3.10. The van der Waals surface area contributed by atoms with E-state index in [-0.39, 0.29) is 30.6 Å². The van der Waals surface area contributed by atoms with Crippen LogP contribution in [0.5, 0.6) is 0 Å². The van der Waals surface area contributed by atoms with Crippen molar-refractivity contribution in [3.05, 3.63) is 35.9 Å². The molecule has 0 saturated carbocycles. The van der Waals surface area contributed by atoms with Crippen molar-refractivity contribution in [1.29, 1.82) is 0 Å². The van der Waals surface area contributed by atoms with Gasteiger partial charge in [0.1, 0.15) is 0 Å². The molecule has 0 aromatic heterocycles. The van der Waals surface area contributed by atoms with Crippen molar-refractivity contribution in [2.24, 2.45) is 0 Å². The first kappa shape index (κ1) is 17.1. The second-order valence-electron chi connectivity index (χ2n) is 6.55. The summed E-state index contributed by atoms with van der Waals surface area (Å²) in [6, 6.07) is 10.6. The largest absolute Gasteiger partial charge is 0.481 e. The summed E-state index contributed by atoms with van der Waals surface area (Å²) >= 11 is 1.91. The van der Waals surface area contributed by atoms with Crippen LogP contribution >= 0.6 is 11.8 Å². The Kier molecular flexibility index (Phi) is 5.33. The summed E-state index contributed by atoms with van der Waals surface area (Å²) in [5.74, 6) is 0.216. The van der Waals surface area contributed by atoms with Crippen LogP contribution in [0.1, 0.15) is 44.2 Å². The van der Waals surface area contributed by atoms with Crippen molar-refractivity contribution in [2.45, 2.75) is 56.0 Å². The number of hydrogen-bond donors (Lipinski definition) is 2. The zero-order chi connectivity index (χ0) is 17.1. The van der Waals surface area contributed by atoms with Gasteiger partial charge in [-0.15, -0.1) is 0 Å². The van der Waals surface area contributed by atoms with E-state index in [9.17, 15) is 9.59 Å². The molecule has 2 fully saturated rings. The number of carboxylic acids is 1. The fraction of sp³-hybridized carbons (Fsp3) is 0.556. The number of fused-ring (bicyclic) bond motifs is 1. The second kappa shape index (κ2) is 7.47. The maximum absolute atomic E-state index is 12.5. The maximum atomic E-state index is 12.5. The minimum Gasteiger partial charge on any atom is -0.481 e. The molecule has 0 radical (unpaired) electrons. The van der Waals surface area contributed by atoms with E-state index in [0.29, 0.717) is 11.7 Å². The predicted octanol–water partition coefficient (Wildman–Crippen LogP) is 3.27. The molecule has 2 aliphatic heterocycles. The molecule has 2 amide bonds. The highest BCUT2D eigenvalue weighted by atomic mass is 32.2. The number of nitrogens with one attached hydrogen (secondary N) is 1. The molecule has 2 saturated heterocycles. The molecule has 2 aliphatic rings. The summed E-state index contributed by atoms with van der Waals surface area (Å²) in [4.78, 5) is 25.1. The van der Waals surface area contributed by atoms with Gasteiger partial charge in [0.2, 0.25) is 0 Å². The van der Waals surface area contributed by atoms with E-state index in [4.69, 9.17) is 5.11 Å². The number of carbonyl (C=O) groups is 2. The van der Waals surface area contributed by atoms with Crippen LogP contribution in [0.15, 0.2) is 30.3 Å². The molecule has 0 aliphatic carbocycles. The minimum absolute atomic E-state index is 0.0252.